The first kappa shape index (κ1) is 19.7. The van der Waals surface area contributed by atoms with Crippen LogP contribution in [0.4, 0.5) is 13.2 Å². The average molecular weight is 407 g/mol. The van der Waals surface area contributed by atoms with Gasteiger partial charge >= 0.3 is 0 Å². The monoisotopic (exact) mass is 407 g/mol. The summed E-state index contributed by atoms with van der Waals surface area (Å²) in [5, 5.41) is 19.4. The maximum absolute atomic E-state index is 14.9. The fraction of sp³-hybridized carbons (Fsp3) is 0.130. The molecular weight excluding hydrogens is 391 g/mol. The molecule has 2 heterocycles. The summed E-state index contributed by atoms with van der Waals surface area (Å²) in [5.41, 5.74) is -0.374. The fourth-order valence-corrected chi connectivity index (χ4v) is 3.46. The number of nitrogens with zero attached hydrogens (tertiary/aromatic N) is 3. The van der Waals surface area contributed by atoms with Crippen molar-refractivity contribution >= 4 is 5.65 Å². The number of benzene rings is 2. The molecule has 0 fully saturated rings. The molecule has 0 aliphatic heterocycles. The normalized spacial score (nSPS) is 11.6. The highest BCUT2D eigenvalue weighted by Gasteiger charge is 2.24. The highest BCUT2D eigenvalue weighted by molar-refractivity contribution is 5.77. The van der Waals surface area contributed by atoms with E-state index in [1.54, 1.807) is 12.3 Å². The Labute approximate surface area is 170 Å². The van der Waals surface area contributed by atoms with E-state index < -0.39 is 23.1 Å². The third kappa shape index (κ3) is 3.11. The summed E-state index contributed by atoms with van der Waals surface area (Å²) in [7, 11) is 0. The Hall–Kier alpha value is -3.63. The van der Waals surface area contributed by atoms with E-state index in [-0.39, 0.29) is 27.9 Å². The Morgan fingerprint density at radius 3 is 2.50 bits per heavy atom. The molecule has 0 aliphatic rings. The van der Waals surface area contributed by atoms with Gasteiger partial charge in [0, 0.05) is 28.5 Å². The quantitative estimate of drug-likeness (QED) is 0.509. The zero-order chi connectivity index (χ0) is 21.6. The third-order valence-electron chi connectivity index (χ3n) is 4.96. The molecule has 30 heavy (non-hydrogen) atoms. The first-order valence-corrected chi connectivity index (χ1v) is 9.09. The lowest BCUT2D eigenvalue weighted by atomic mass is 9.97. The number of hydrogen-bond donors (Lipinski definition) is 1. The van der Waals surface area contributed by atoms with E-state index in [4.69, 9.17) is 0 Å². The van der Waals surface area contributed by atoms with Crippen molar-refractivity contribution in [2.45, 2.75) is 19.4 Å². The van der Waals surface area contributed by atoms with Crippen LogP contribution < -0.4 is 0 Å². The van der Waals surface area contributed by atoms with Crippen LogP contribution >= 0.6 is 0 Å². The minimum atomic E-state index is -1.38. The van der Waals surface area contributed by atoms with Gasteiger partial charge in [-0.1, -0.05) is 12.1 Å². The van der Waals surface area contributed by atoms with Gasteiger partial charge in [-0.25, -0.2) is 18.2 Å². The molecule has 0 bridgehead atoms. The molecule has 4 rings (SSSR count). The van der Waals surface area contributed by atoms with Crippen LogP contribution in [0.25, 0.3) is 28.0 Å². The number of aliphatic hydroxyl groups is 1. The predicted octanol–water partition coefficient (Wildman–Crippen LogP) is 5.18. The number of nitriles is 1. The van der Waals surface area contributed by atoms with E-state index in [0.29, 0.717) is 11.3 Å². The second-order valence-corrected chi connectivity index (χ2v) is 7.41. The van der Waals surface area contributed by atoms with Crippen LogP contribution in [0.5, 0.6) is 0 Å². The van der Waals surface area contributed by atoms with Crippen LogP contribution in [0, 0.1) is 28.8 Å². The molecule has 1 N–H and O–H groups in total. The van der Waals surface area contributed by atoms with Crippen molar-refractivity contribution < 1.29 is 18.3 Å². The van der Waals surface area contributed by atoms with E-state index >= 15 is 0 Å². The van der Waals surface area contributed by atoms with Crippen molar-refractivity contribution in [2.24, 2.45) is 0 Å². The Kier molecular flexibility index (Phi) is 4.60. The Morgan fingerprint density at radius 2 is 1.80 bits per heavy atom. The van der Waals surface area contributed by atoms with Crippen LogP contribution in [-0.2, 0) is 5.60 Å². The maximum Gasteiger partial charge on any atom is 0.174 e. The first-order valence-electron chi connectivity index (χ1n) is 9.09. The number of halogens is 3. The maximum atomic E-state index is 14.9. The van der Waals surface area contributed by atoms with Crippen LogP contribution in [-0.4, -0.2) is 14.5 Å². The molecule has 0 unspecified atom stereocenters. The van der Waals surface area contributed by atoms with Crippen molar-refractivity contribution in [2.75, 3.05) is 0 Å². The molecule has 0 saturated heterocycles. The van der Waals surface area contributed by atoms with Crippen LogP contribution in [0.15, 0.2) is 54.9 Å². The Morgan fingerprint density at radius 1 is 1.03 bits per heavy atom. The average Bonchev–Trinajstić information content (AvgIpc) is 3.12. The lowest BCUT2D eigenvalue weighted by molar-refractivity contribution is 0.0746. The topological polar surface area (TPSA) is 61.3 Å². The van der Waals surface area contributed by atoms with Gasteiger partial charge in [0.05, 0.1) is 23.1 Å². The molecule has 0 radical (unpaired) electrons. The Balaban J connectivity index is 1.91. The molecule has 2 aromatic heterocycles. The van der Waals surface area contributed by atoms with Gasteiger partial charge in [-0.15, -0.1) is 0 Å². The van der Waals surface area contributed by atoms with Crippen LogP contribution in [0.3, 0.4) is 0 Å². The summed E-state index contributed by atoms with van der Waals surface area (Å²) in [5.74, 6) is -2.02. The summed E-state index contributed by atoms with van der Waals surface area (Å²) >= 11 is 0. The smallest absolute Gasteiger partial charge is 0.174 e. The lowest BCUT2D eigenvalue weighted by Crippen LogP contribution is -2.18. The van der Waals surface area contributed by atoms with E-state index in [9.17, 15) is 23.5 Å². The summed E-state index contributed by atoms with van der Waals surface area (Å²) in [4.78, 5) is 4.11. The van der Waals surface area contributed by atoms with Crippen molar-refractivity contribution in [3.63, 3.8) is 0 Å². The largest absolute Gasteiger partial charge is 0.386 e. The number of aromatic nitrogens is 2. The van der Waals surface area contributed by atoms with Crippen molar-refractivity contribution in [1.82, 2.24) is 9.38 Å². The molecule has 4 aromatic rings. The van der Waals surface area contributed by atoms with Gasteiger partial charge in [-0.05, 0) is 44.2 Å². The first-order chi connectivity index (χ1) is 14.2. The van der Waals surface area contributed by atoms with Gasteiger partial charge < -0.3 is 5.11 Å². The van der Waals surface area contributed by atoms with Crippen molar-refractivity contribution in [1.29, 1.82) is 5.26 Å². The van der Waals surface area contributed by atoms with Crippen molar-refractivity contribution in [3.05, 3.63) is 83.4 Å². The number of imidazole rings is 1. The minimum absolute atomic E-state index is 0.0129. The summed E-state index contributed by atoms with van der Waals surface area (Å²) in [6.07, 6.45) is 3.00. The van der Waals surface area contributed by atoms with E-state index in [2.05, 4.69) is 4.98 Å². The molecule has 4 nitrogen and oxygen atoms in total. The molecule has 0 spiro atoms. The fourth-order valence-electron chi connectivity index (χ4n) is 3.46. The van der Waals surface area contributed by atoms with E-state index in [0.717, 1.165) is 6.07 Å². The van der Waals surface area contributed by atoms with Gasteiger partial charge in [0.25, 0.3) is 0 Å². The van der Waals surface area contributed by atoms with E-state index in [1.165, 1.54) is 60.8 Å². The van der Waals surface area contributed by atoms with Crippen LogP contribution in [0.1, 0.15) is 25.0 Å². The van der Waals surface area contributed by atoms with Gasteiger partial charge in [0.15, 0.2) is 11.5 Å². The standard InChI is InChI=1S/C23H16F3N3O/c1-23(2,30)17-8-9-29-20(12-28-22(29)21(17)26)13-6-7-19(25)15(10-13)14-4-3-5-18(24)16(14)11-27/h3-10,12,30H,1-2H3. The number of fused-ring (bicyclic) bond motifs is 1. The summed E-state index contributed by atoms with van der Waals surface area (Å²) in [6, 6.07) is 11.4. The number of hydrogen-bond acceptors (Lipinski definition) is 3. The van der Waals surface area contributed by atoms with Gasteiger partial charge in [-0.3, -0.25) is 4.40 Å². The Bertz CT molecular complexity index is 1330. The number of pyridine rings is 1. The highest BCUT2D eigenvalue weighted by Crippen LogP contribution is 2.33. The lowest BCUT2D eigenvalue weighted by Gasteiger charge is -2.18. The van der Waals surface area contributed by atoms with Gasteiger partial charge in [0.2, 0.25) is 0 Å². The molecule has 2 aromatic carbocycles. The molecule has 0 saturated carbocycles. The highest BCUT2D eigenvalue weighted by atomic mass is 19.1. The minimum Gasteiger partial charge on any atom is -0.386 e. The summed E-state index contributed by atoms with van der Waals surface area (Å²) < 4.78 is 44.9. The molecule has 0 amide bonds. The van der Waals surface area contributed by atoms with Gasteiger partial charge in [-0.2, -0.15) is 5.26 Å². The van der Waals surface area contributed by atoms with Gasteiger partial charge in [0.1, 0.15) is 17.7 Å². The molecule has 0 atom stereocenters. The van der Waals surface area contributed by atoms with E-state index in [1.807, 2.05) is 0 Å². The third-order valence-corrected chi connectivity index (χ3v) is 4.96. The second-order valence-electron chi connectivity index (χ2n) is 7.41. The molecular formula is C23H16F3N3O. The SMILES string of the molecule is CC(C)(O)c1ccn2c(-c3ccc(F)c(-c4cccc(F)c4C#N)c3)cnc2c1F. The second kappa shape index (κ2) is 7.01. The summed E-state index contributed by atoms with van der Waals surface area (Å²) in [6.45, 7) is 2.95. The molecule has 7 heteroatoms. The predicted molar refractivity (Wildman–Crippen MR) is 106 cm³/mol. The molecule has 150 valence electrons. The van der Waals surface area contributed by atoms with Crippen molar-refractivity contribution in [3.8, 4) is 28.5 Å². The zero-order valence-electron chi connectivity index (χ0n) is 16.1. The zero-order valence-corrected chi connectivity index (χ0v) is 16.1. The molecule has 0 aliphatic carbocycles. The number of rotatable bonds is 3. The van der Waals surface area contributed by atoms with Crippen LogP contribution in [0.2, 0.25) is 0 Å².